The Morgan fingerprint density at radius 2 is 1.56 bits per heavy atom. The number of fused-ring (bicyclic) bond motifs is 7. The topological polar surface area (TPSA) is 74.4 Å². The van der Waals surface area contributed by atoms with Crippen molar-refractivity contribution in [3.8, 4) is 0 Å². The molecular formula is C42H70N4O4. The lowest BCUT2D eigenvalue weighted by molar-refractivity contribution is -0.273. The molecule has 2 amide bonds. The van der Waals surface area contributed by atoms with E-state index in [1.165, 1.54) is 70.9 Å². The van der Waals surface area contributed by atoms with Gasteiger partial charge in [-0.2, -0.15) is 0 Å². The quantitative estimate of drug-likeness (QED) is 0.340. The number of amides is 2. The normalized spacial score (nSPS) is 47.1. The van der Waals surface area contributed by atoms with Crippen LogP contribution < -0.4 is 5.32 Å². The van der Waals surface area contributed by atoms with Gasteiger partial charge in [-0.1, -0.05) is 27.7 Å². The number of piperidine rings is 1. The van der Waals surface area contributed by atoms with Gasteiger partial charge in [0.2, 0.25) is 11.8 Å². The highest BCUT2D eigenvalue weighted by Gasteiger charge is 2.69. The Morgan fingerprint density at radius 1 is 0.820 bits per heavy atom. The molecule has 0 radical (unpaired) electrons. The van der Waals surface area contributed by atoms with Crippen molar-refractivity contribution in [2.45, 2.75) is 155 Å². The van der Waals surface area contributed by atoms with E-state index in [2.05, 4.69) is 56.7 Å². The Morgan fingerprint density at radius 3 is 2.26 bits per heavy atom. The summed E-state index contributed by atoms with van der Waals surface area (Å²) in [7, 11) is 0. The Hall–Kier alpha value is -1.22. The van der Waals surface area contributed by atoms with Crippen LogP contribution >= 0.6 is 0 Å². The summed E-state index contributed by atoms with van der Waals surface area (Å²) in [6.07, 6.45) is 15.0. The maximum atomic E-state index is 13.2. The number of carbonyl (C=O) groups is 2. The summed E-state index contributed by atoms with van der Waals surface area (Å²) in [5, 5.41) is 3.36. The summed E-state index contributed by atoms with van der Waals surface area (Å²) in [4.78, 5) is 33.6. The summed E-state index contributed by atoms with van der Waals surface area (Å²) in [5.74, 6) is 4.39. The molecule has 0 aromatic heterocycles. The first-order valence-corrected chi connectivity index (χ1v) is 21.3. The summed E-state index contributed by atoms with van der Waals surface area (Å²) < 4.78 is 13.6. The average Bonchev–Trinajstić information content (AvgIpc) is 3.55. The van der Waals surface area contributed by atoms with E-state index in [0.29, 0.717) is 52.7 Å². The molecule has 2 unspecified atom stereocenters. The monoisotopic (exact) mass is 695 g/mol. The van der Waals surface area contributed by atoms with E-state index >= 15 is 0 Å². The maximum absolute atomic E-state index is 13.2. The van der Waals surface area contributed by atoms with Crippen molar-refractivity contribution in [2.24, 2.45) is 52.3 Å². The van der Waals surface area contributed by atoms with E-state index < -0.39 is 0 Å². The van der Waals surface area contributed by atoms with E-state index in [9.17, 15) is 9.59 Å². The van der Waals surface area contributed by atoms with Gasteiger partial charge in [0.25, 0.3) is 0 Å². The highest BCUT2D eigenvalue weighted by atomic mass is 16.7. The number of piperazine rings is 1. The molecule has 0 aromatic carbocycles. The van der Waals surface area contributed by atoms with Crippen LogP contribution in [0.4, 0.5) is 0 Å². The fraction of sp³-hybridized carbons (Fsp3) is 0.952. The molecule has 12 atom stereocenters. The number of rotatable bonds is 5. The SMILES string of the molecule is CC(C)N1CCC(N2CCN(C(=O)CC(=O)NC3CC[C@]4(C)C5CC[C@]6(C)[C@@H]7[C@H](C[C@H]6[C@@H]5CC[C@@H]4C3)O[C@]3(CC[C@@H](C)CO3)[C@H]7C)CC2)CC1. The average molecular weight is 695 g/mol. The number of ether oxygens (including phenoxy) is 2. The maximum Gasteiger partial charge on any atom is 0.232 e. The molecule has 8 fully saturated rings. The smallest absolute Gasteiger partial charge is 0.232 e. The third-order valence-corrected chi connectivity index (χ3v) is 17.0. The third kappa shape index (κ3) is 6.10. The Bertz CT molecular complexity index is 1250. The van der Waals surface area contributed by atoms with Crippen molar-refractivity contribution in [3.63, 3.8) is 0 Å². The minimum atomic E-state index is -0.330. The molecule has 4 heterocycles. The summed E-state index contributed by atoms with van der Waals surface area (Å²) >= 11 is 0. The summed E-state index contributed by atoms with van der Waals surface area (Å²) in [5.41, 5.74) is 0.723. The standard InChI is InChI=1S/C42H70N4O4/c1-27(2)44-17-12-32(13-18-44)45-19-21-46(22-20-45)38(48)25-37(47)43-31-10-14-40(5)30(23-31)7-8-33-34(40)11-15-41(6)35(33)24-36-39(41)29(4)42(50-36)16-9-28(3)26-49-42/h27-36,39H,7-26H2,1-6H3,(H,43,47)/t28-,29+,30-,31?,33-,34?,35+,36+,39+,40+,41+,42-/m1/s1. The van der Waals surface area contributed by atoms with Gasteiger partial charge in [-0.15, -0.1) is 0 Å². The van der Waals surface area contributed by atoms with Gasteiger partial charge >= 0.3 is 0 Å². The summed E-state index contributed by atoms with van der Waals surface area (Å²) in [6.45, 7) is 21.2. The van der Waals surface area contributed by atoms with Crippen LogP contribution in [0.15, 0.2) is 0 Å². The van der Waals surface area contributed by atoms with Gasteiger partial charge in [-0.05, 0) is 144 Å². The van der Waals surface area contributed by atoms with E-state index in [1.807, 2.05) is 4.90 Å². The zero-order chi connectivity index (χ0) is 35.0. The lowest BCUT2D eigenvalue weighted by Crippen LogP contribution is -2.56. The summed E-state index contributed by atoms with van der Waals surface area (Å²) in [6, 6.07) is 1.47. The van der Waals surface area contributed by atoms with Gasteiger partial charge in [0.05, 0.1) is 12.7 Å². The lowest BCUT2D eigenvalue weighted by atomic mass is 9.44. The second-order valence-corrected chi connectivity index (χ2v) is 19.7. The minimum Gasteiger partial charge on any atom is -0.353 e. The molecular weight excluding hydrogens is 624 g/mol. The molecule has 0 bridgehead atoms. The van der Waals surface area contributed by atoms with Crippen LogP contribution in [0.2, 0.25) is 0 Å². The van der Waals surface area contributed by atoms with Crippen LogP contribution in [0, 0.1) is 52.3 Å². The molecule has 1 N–H and O–H groups in total. The van der Waals surface area contributed by atoms with Crippen LogP contribution in [0.5, 0.6) is 0 Å². The Kier molecular flexibility index (Phi) is 9.71. The van der Waals surface area contributed by atoms with Gasteiger partial charge in [0.15, 0.2) is 5.79 Å². The fourth-order valence-corrected chi connectivity index (χ4v) is 14.0. The van der Waals surface area contributed by atoms with Crippen LogP contribution in [-0.2, 0) is 19.1 Å². The van der Waals surface area contributed by atoms with E-state index in [-0.39, 0.29) is 30.1 Å². The number of nitrogens with one attached hydrogen (secondary N) is 1. The van der Waals surface area contributed by atoms with Crippen LogP contribution in [-0.4, -0.2) is 102 Å². The largest absolute Gasteiger partial charge is 0.353 e. The first-order chi connectivity index (χ1) is 23.9. The fourth-order valence-electron chi connectivity index (χ4n) is 14.0. The zero-order valence-electron chi connectivity index (χ0n) is 32.5. The van der Waals surface area contributed by atoms with Crippen molar-refractivity contribution in [1.29, 1.82) is 0 Å². The molecule has 8 heteroatoms. The van der Waals surface area contributed by atoms with E-state index in [0.717, 1.165) is 69.8 Å². The number of hydrogen-bond acceptors (Lipinski definition) is 6. The number of likely N-dealkylation sites (tertiary alicyclic amines) is 1. The van der Waals surface area contributed by atoms with Crippen molar-refractivity contribution in [2.75, 3.05) is 45.9 Å². The molecule has 4 aliphatic carbocycles. The number of carbonyl (C=O) groups excluding carboxylic acids is 2. The molecule has 1 spiro atoms. The molecule has 8 aliphatic rings. The molecule has 50 heavy (non-hydrogen) atoms. The second kappa shape index (κ2) is 13.6. The van der Waals surface area contributed by atoms with Crippen molar-refractivity contribution >= 4 is 11.8 Å². The van der Waals surface area contributed by atoms with Crippen LogP contribution in [0.25, 0.3) is 0 Å². The molecule has 8 rings (SSSR count). The van der Waals surface area contributed by atoms with E-state index in [4.69, 9.17) is 9.47 Å². The lowest BCUT2D eigenvalue weighted by Gasteiger charge is -2.61. The van der Waals surface area contributed by atoms with Crippen LogP contribution in [0.1, 0.15) is 125 Å². The van der Waals surface area contributed by atoms with Gasteiger partial charge in [0, 0.05) is 56.6 Å². The van der Waals surface area contributed by atoms with Gasteiger partial charge in [-0.3, -0.25) is 14.5 Å². The number of hydrogen-bond donors (Lipinski definition) is 1. The molecule has 4 aliphatic heterocycles. The predicted octanol–water partition coefficient (Wildman–Crippen LogP) is 6.32. The third-order valence-electron chi connectivity index (χ3n) is 17.0. The molecule has 282 valence electrons. The Labute approximate surface area is 303 Å². The molecule has 4 saturated carbocycles. The van der Waals surface area contributed by atoms with Crippen molar-refractivity contribution in [3.05, 3.63) is 0 Å². The first-order valence-electron chi connectivity index (χ1n) is 21.3. The zero-order valence-corrected chi connectivity index (χ0v) is 32.5. The molecule has 8 nitrogen and oxygen atoms in total. The first kappa shape index (κ1) is 35.8. The van der Waals surface area contributed by atoms with Gasteiger partial charge in [-0.25, -0.2) is 0 Å². The highest BCUT2D eigenvalue weighted by molar-refractivity contribution is 5.97. The van der Waals surface area contributed by atoms with Crippen LogP contribution in [0.3, 0.4) is 0 Å². The van der Waals surface area contributed by atoms with E-state index in [1.54, 1.807) is 0 Å². The minimum absolute atomic E-state index is 0.00432. The molecule has 0 aromatic rings. The van der Waals surface area contributed by atoms with Gasteiger partial charge in [0.1, 0.15) is 6.42 Å². The van der Waals surface area contributed by atoms with Crippen molar-refractivity contribution < 1.29 is 19.1 Å². The second-order valence-electron chi connectivity index (χ2n) is 19.7. The highest BCUT2D eigenvalue weighted by Crippen LogP contribution is 2.71. The Balaban J connectivity index is 0.814. The number of nitrogens with zero attached hydrogens (tertiary/aromatic N) is 3. The predicted molar refractivity (Wildman–Crippen MR) is 196 cm³/mol. The van der Waals surface area contributed by atoms with Gasteiger partial charge < -0.3 is 24.6 Å². The molecule has 4 saturated heterocycles. The van der Waals surface area contributed by atoms with Crippen molar-refractivity contribution in [1.82, 2.24) is 20.0 Å².